The SMILES string of the molecule is NCCN1CCN(C(=O)C2CCCCC2C(F)(F)F)CC1. The molecule has 1 saturated heterocycles. The van der Waals surface area contributed by atoms with Gasteiger partial charge < -0.3 is 10.6 Å². The Morgan fingerprint density at radius 1 is 1.10 bits per heavy atom. The molecule has 1 amide bonds. The Morgan fingerprint density at radius 3 is 2.29 bits per heavy atom. The lowest BCUT2D eigenvalue weighted by Gasteiger charge is -2.39. The molecule has 0 bridgehead atoms. The van der Waals surface area contributed by atoms with Crippen molar-refractivity contribution >= 4 is 5.91 Å². The number of hydrogen-bond acceptors (Lipinski definition) is 3. The average Bonchev–Trinajstić information content (AvgIpc) is 2.47. The molecule has 1 aliphatic carbocycles. The first-order valence-corrected chi connectivity index (χ1v) is 7.71. The van der Waals surface area contributed by atoms with E-state index in [9.17, 15) is 18.0 Å². The zero-order valence-corrected chi connectivity index (χ0v) is 12.2. The second-order valence-corrected chi connectivity index (χ2v) is 5.99. The molecule has 2 unspecified atom stereocenters. The molecule has 1 heterocycles. The minimum Gasteiger partial charge on any atom is -0.340 e. The molecular formula is C14H24F3N3O. The Hall–Kier alpha value is -0.820. The summed E-state index contributed by atoms with van der Waals surface area (Å²) in [6, 6.07) is 0. The van der Waals surface area contributed by atoms with Gasteiger partial charge in [0.25, 0.3) is 0 Å². The van der Waals surface area contributed by atoms with Crippen molar-refractivity contribution in [1.29, 1.82) is 0 Å². The molecule has 21 heavy (non-hydrogen) atoms. The van der Waals surface area contributed by atoms with Crippen molar-refractivity contribution < 1.29 is 18.0 Å². The van der Waals surface area contributed by atoms with Crippen LogP contribution in [0.15, 0.2) is 0 Å². The van der Waals surface area contributed by atoms with Gasteiger partial charge in [-0.2, -0.15) is 13.2 Å². The lowest BCUT2D eigenvalue weighted by molar-refractivity contribution is -0.201. The molecule has 2 atom stereocenters. The standard InChI is InChI=1S/C14H24F3N3O/c15-14(16,17)12-4-2-1-3-11(12)13(21)20-9-7-19(6-5-18)8-10-20/h11-12H,1-10,18H2. The van der Waals surface area contributed by atoms with Crippen LogP contribution in [0.25, 0.3) is 0 Å². The quantitative estimate of drug-likeness (QED) is 0.859. The Morgan fingerprint density at radius 2 is 1.71 bits per heavy atom. The first-order chi connectivity index (χ1) is 9.93. The summed E-state index contributed by atoms with van der Waals surface area (Å²) >= 11 is 0. The third kappa shape index (κ3) is 4.10. The summed E-state index contributed by atoms with van der Waals surface area (Å²) in [7, 11) is 0. The molecular weight excluding hydrogens is 283 g/mol. The number of amides is 1. The fourth-order valence-corrected chi connectivity index (χ4v) is 3.43. The van der Waals surface area contributed by atoms with E-state index in [1.54, 1.807) is 4.90 Å². The van der Waals surface area contributed by atoms with Crippen LogP contribution in [-0.4, -0.2) is 61.2 Å². The minimum absolute atomic E-state index is 0.0903. The van der Waals surface area contributed by atoms with Crippen molar-refractivity contribution in [1.82, 2.24) is 9.80 Å². The molecule has 0 aromatic carbocycles. The van der Waals surface area contributed by atoms with Crippen molar-refractivity contribution in [3.63, 3.8) is 0 Å². The van der Waals surface area contributed by atoms with Crippen molar-refractivity contribution in [2.24, 2.45) is 17.6 Å². The monoisotopic (exact) mass is 307 g/mol. The lowest BCUT2D eigenvalue weighted by atomic mass is 9.78. The summed E-state index contributed by atoms with van der Waals surface area (Å²) in [5.74, 6) is -2.63. The molecule has 4 nitrogen and oxygen atoms in total. The van der Waals surface area contributed by atoms with Crippen molar-refractivity contribution in [3.8, 4) is 0 Å². The zero-order chi connectivity index (χ0) is 15.5. The Bertz CT molecular complexity index is 354. The minimum atomic E-state index is -4.26. The predicted molar refractivity (Wildman–Crippen MR) is 73.6 cm³/mol. The number of nitrogens with zero attached hydrogens (tertiary/aromatic N) is 2. The molecule has 1 saturated carbocycles. The molecule has 1 aliphatic heterocycles. The van der Waals surface area contributed by atoms with E-state index < -0.39 is 18.0 Å². The molecule has 0 radical (unpaired) electrons. The van der Waals surface area contributed by atoms with Crippen LogP contribution in [-0.2, 0) is 4.79 Å². The summed E-state index contributed by atoms with van der Waals surface area (Å²) in [6.07, 6.45) is -2.52. The molecule has 7 heteroatoms. The number of piperazine rings is 1. The zero-order valence-electron chi connectivity index (χ0n) is 12.2. The van der Waals surface area contributed by atoms with Crippen LogP contribution in [0.3, 0.4) is 0 Å². The van der Waals surface area contributed by atoms with Gasteiger partial charge in [0.15, 0.2) is 0 Å². The average molecular weight is 307 g/mol. The third-order valence-electron chi connectivity index (χ3n) is 4.63. The first-order valence-electron chi connectivity index (χ1n) is 7.71. The largest absolute Gasteiger partial charge is 0.392 e. The highest BCUT2D eigenvalue weighted by molar-refractivity contribution is 5.79. The highest BCUT2D eigenvalue weighted by atomic mass is 19.4. The molecule has 2 fully saturated rings. The van der Waals surface area contributed by atoms with E-state index in [0.29, 0.717) is 45.6 Å². The maximum atomic E-state index is 13.1. The number of nitrogens with two attached hydrogens (primary N) is 1. The van der Waals surface area contributed by atoms with Crippen LogP contribution in [0.1, 0.15) is 25.7 Å². The maximum Gasteiger partial charge on any atom is 0.392 e. The van der Waals surface area contributed by atoms with Crippen molar-refractivity contribution in [3.05, 3.63) is 0 Å². The topological polar surface area (TPSA) is 49.6 Å². The van der Waals surface area contributed by atoms with Gasteiger partial charge in [-0.1, -0.05) is 12.8 Å². The number of alkyl halides is 3. The first kappa shape index (κ1) is 16.5. The van der Waals surface area contributed by atoms with E-state index in [1.165, 1.54) is 0 Å². The van der Waals surface area contributed by atoms with Gasteiger partial charge >= 0.3 is 6.18 Å². The maximum absolute atomic E-state index is 13.1. The molecule has 2 aliphatic rings. The Labute approximate surface area is 123 Å². The highest BCUT2D eigenvalue weighted by Crippen LogP contribution is 2.42. The number of carbonyl (C=O) groups excluding carboxylic acids is 1. The van der Waals surface area contributed by atoms with E-state index in [1.807, 2.05) is 0 Å². The molecule has 2 N–H and O–H groups in total. The van der Waals surface area contributed by atoms with E-state index in [2.05, 4.69) is 4.90 Å². The van der Waals surface area contributed by atoms with Crippen LogP contribution in [0.4, 0.5) is 13.2 Å². The summed E-state index contributed by atoms with van der Waals surface area (Å²) in [4.78, 5) is 16.2. The molecule has 2 rings (SSSR count). The lowest BCUT2D eigenvalue weighted by Crippen LogP contribution is -2.53. The van der Waals surface area contributed by atoms with Gasteiger partial charge in [-0.25, -0.2) is 0 Å². The summed E-state index contributed by atoms with van der Waals surface area (Å²) in [6.45, 7) is 3.77. The van der Waals surface area contributed by atoms with Crippen LogP contribution in [0.5, 0.6) is 0 Å². The van der Waals surface area contributed by atoms with Gasteiger partial charge in [-0.15, -0.1) is 0 Å². The normalized spacial score (nSPS) is 28.7. The molecule has 0 spiro atoms. The number of halogens is 3. The summed E-state index contributed by atoms with van der Waals surface area (Å²) in [5, 5.41) is 0. The summed E-state index contributed by atoms with van der Waals surface area (Å²) < 4.78 is 39.3. The van der Waals surface area contributed by atoms with Crippen LogP contribution in [0, 0.1) is 11.8 Å². The van der Waals surface area contributed by atoms with Gasteiger partial charge in [0.05, 0.1) is 5.92 Å². The van der Waals surface area contributed by atoms with Crippen molar-refractivity contribution in [2.75, 3.05) is 39.3 Å². The van der Waals surface area contributed by atoms with E-state index in [-0.39, 0.29) is 12.3 Å². The van der Waals surface area contributed by atoms with Crippen LogP contribution in [0.2, 0.25) is 0 Å². The Balaban J connectivity index is 1.95. The van der Waals surface area contributed by atoms with Gasteiger partial charge in [0.1, 0.15) is 0 Å². The summed E-state index contributed by atoms with van der Waals surface area (Å²) in [5.41, 5.74) is 5.49. The molecule has 0 aromatic rings. The van der Waals surface area contributed by atoms with E-state index in [0.717, 1.165) is 13.0 Å². The highest BCUT2D eigenvalue weighted by Gasteiger charge is 2.49. The number of rotatable bonds is 3. The Kier molecular flexibility index (Phi) is 5.48. The van der Waals surface area contributed by atoms with E-state index >= 15 is 0 Å². The van der Waals surface area contributed by atoms with Gasteiger partial charge in [-0.3, -0.25) is 9.69 Å². The predicted octanol–water partition coefficient (Wildman–Crippen LogP) is 1.46. The second kappa shape index (κ2) is 6.96. The van der Waals surface area contributed by atoms with E-state index in [4.69, 9.17) is 5.73 Å². The fourth-order valence-electron chi connectivity index (χ4n) is 3.43. The number of carbonyl (C=O) groups is 1. The van der Waals surface area contributed by atoms with Crippen LogP contribution >= 0.6 is 0 Å². The van der Waals surface area contributed by atoms with Gasteiger partial charge in [0, 0.05) is 45.2 Å². The second-order valence-electron chi connectivity index (χ2n) is 5.99. The van der Waals surface area contributed by atoms with Gasteiger partial charge in [0.2, 0.25) is 5.91 Å². The number of hydrogen-bond donors (Lipinski definition) is 1. The van der Waals surface area contributed by atoms with Gasteiger partial charge in [-0.05, 0) is 12.8 Å². The molecule has 0 aromatic heterocycles. The third-order valence-corrected chi connectivity index (χ3v) is 4.63. The van der Waals surface area contributed by atoms with Crippen molar-refractivity contribution in [2.45, 2.75) is 31.9 Å². The smallest absolute Gasteiger partial charge is 0.340 e. The molecule has 122 valence electrons. The fraction of sp³-hybridized carbons (Fsp3) is 0.929. The van der Waals surface area contributed by atoms with Crippen LogP contribution < -0.4 is 5.73 Å².